The number of primary sulfonamides is 1. The molecule has 1 unspecified atom stereocenters. The van der Waals surface area contributed by atoms with Crippen molar-refractivity contribution in [3.63, 3.8) is 0 Å². The Labute approximate surface area is 130 Å². The van der Waals surface area contributed by atoms with Gasteiger partial charge < -0.3 is 5.32 Å². The molecule has 0 saturated carbocycles. The van der Waals surface area contributed by atoms with Gasteiger partial charge in [-0.3, -0.25) is 19.7 Å². The van der Waals surface area contributed by atoms with Gasteiger partial charge in [-0.15, -0.1) is 11.8 Å². The Morgan fingerprint density at radius 3 is 2.45 bits per heavy atom. The van der Waals surface area contributed by atoms with Crippen LogP contribution in [0.15, 0.2) is 29.2 Å². The molecule has 1 heterocycles. The molecule has 1 aliphatic rings. The first kappa shape index (κ1) is 16.5. The molecule has 0 bridgehead atoms. The van der Waals surface area contributed by atoms with E-state index >= 15 is 0 Å². The molecule has 0 aliphatic carbocycles. The van der Waals surface area contributed by atoms with Gasteiger partial charge in [0.05, 0.1) is 15.9 Å². The molecule has 1 aromatic rings. The fourth-order valence-electron chi connectivity index (χ4n) is 1.77. The number of thioether (sulfide) groups is 1. The minimum absolute atomic E-state index is 0.00229. The molecule has 1 saturated heterocycles. The van der Waals surface area contributed by atoms with Crippen LogP contribution in [0.1, 0.15) is 6.42 Å². The molecule has 0 radical (unpaired) electrons. The molecule has 0 aromatic heterocycles. The van der Waals surface area contributed by atoms with E-state index in [0.717, 1.165) is 11.8 Å². The number of nitrogens with one attached hydrogen (secondary N) is 2. The molecule has 0 spiro atoms. The maximum Gasteiger partial charge on any atom is 0.240 e. The van der Waals surface area contributed by atoms with Crippen molar-refractivity contribution in [1.29, 1.82) is 0 Å². The number of sulfonamides is 1. The summed E-state index contributed by atoms with van der Waals surface area (Å²) < 4.78 is 22.2. The quantitative estimate of drug-likeness (QED) is 0.612. The average Bonchev–Trinajstić information content (AvgIpc) is 2.74. The summed E-state index contributed by atoms with van der Waals surface area (Å²) in [6, 6.07) is 5.38. The van der Waals surface area contributed by atoms with Gasteiger partial charge in [0.2, 0.25) is 27.7 Å². The van der Waals surface area contributed by atoms with Crippen molar-refractivity contribution < 1.29 is 22.8 Å². The standard InChI is InChI=1S/C12H13N3O5S2/c13-22(19,20)8-3-1-7(2-4-8)14-11(17)6-21-9-5-10(16)15-12(9)18/h1-4,9H,5-6H2,(H,14,17)(H2,13,19,20)(H,15,16,18). The fourth-order valence-corrected chi connectivity index (χ4v) is 3.19. The molecule has 22 heavy (non-hydrogen) atoms. The summed E-state index contributed by atoms with van der Waals surface area (Å²) in [5.41, 5.74) is 0.407. The van der Waals surface area contributed by atoms with Gasteiger partial charge in [-0.05, 0) is 24.3 Å². The predicted molar refractivity (Wildman–Crippen MR) is 80.5 cm³/mol. The number of hydrogen-bond donors (Lipinski definition) is 3. The lowest BCUT2D eigenvalue weighted by Gasteiger charge is -2.07. The Morgan fingerprint density at radius 2 is 1.95 bits per heavy atom. The second-order valence-electron chi connectivity index (χ2n) is 4.53. The van der Waals surface area contributed by atoms with Gasteiger partial charge in [-0.2, -0.15) is 0 Å². The third-order valence-corrected chi connectivity index (χ3v) is 4.95. The normalized spacial score (nSPS) is 18.1. The number of hydrogen-bond acceptors (Lipinski definition) is 6. The summed E-state index contributed by atoms with van der Waals surface area (Å²) in [5.74, 6) is -1.09. The monoisotopic (exact) mass is 343 g/mol. The lowest BCUT2D eigenvalue weighted by atomic mass is 10.3. The van der Waals surface area contributed by atoms with E-state index in [9.17, 15) is 22.8 Å². The lowest BCUT2D eigenvalue weighted by molar-refractivity contribution is -0.124. The minimum atomic E-state index is -3.77. The van der Waals surface area contributed by atoms with Gasteiger partial charge in [0.25, 0.3) is 0 Å². The van der Waals surface area contributed by atoms with Crippen LogP contribution in [0, 0.1) is 0 Å². The number of carbonyl (C=O) groups excluding carboxylic acids is 3. The van der Waals surface area contributed by atoms with E-state index in [2.05, 4.69) is 10.6 Å². The Bertz CT molecular complexity index is 715. The molecule has 1 aliphatic heterocycles. The number of imide groups is 1. The maximum absolute atomic E-state index is 11.7. The Balaban J connectivity index is 1.87. The Kier molecular flexibility index (Phi) is 4.84. The van der Waals surface area contributed by atoms with Crippen LogP contribution in [-0.4, -0.2) is 37.1 Å². The highest BCUT2D eigenvalue weighted by Gasteiger charge is 2.31. The average molecular weight is 343 g/mol. The summed E-state index contributed by atoms with van der Waals surface area (Å²) >= 11 is 1.07. The minimum Gasteiger partial charge on any atom is -0.325 e. The molecule has 4 N–H and O–H groups in total. The van der Waals surface area contributed by atoms with Crippen molar-refractivity contribution in [2.24, 2.45) is 5.14 Å². The third kappa shape index (κ3) is 4.29. The van der Waals surface area contributed by atoms with Gasteiger partial charge in [0.15, 0.2) is 0 Å². The summed E-state index contributed by atoms with van der Waals surface area (Å²) in [7, 11) is -3.77. The largest absolute Gasteiger partial charge is 0.325 e. The number of amides is 3. The van der Waals surface area contributed by atoms with Crippen LogP contribution in [-0.2, 0) is 24.4 Å². The zero-order chi connectivity index (χ0) is 16.3. The molecule has 118 valence electrons. The van der Waals surface area contributed by atoms with Crippen LogP contribution in [0.4, 0.5) is 5.69 Å². The van der Waals surface area contributed by atoms with E-state index in [4.69, 9.17) is 5.14 Å². The van der Waals surface area contributed by atoms with E-state index in [1.165, 1.54) is 24.3 Å². The molecule has 1 aromatic carbocycles. The van der Waals surface area contributed by atoms with Gasteiger partial charge in [-0.1, -0.05) is 0 Å². The fraction of sp³-hybridized carbons (Fsp3) is 0.250. The molecule has 1 fully saturated rings. The van der Waals surface area contributed by atoms with E-state index < -0.39 is 15.3 Å². The van der Waals surface area contributed by atoms with Gasteiger partial charge >= 0.3 is 0 Å². The van der Waals surface area contributed by atoms with E-state index in [1.807, 2.05) is 0 Å². The molecule has 3 amide bonds. The van der Waals surface area contributed by atoms with Gasteiger partial charge in [-0.25, -0.2) is 13.6 Å². The van der Waals surface area contributed by atoms with Crippen molar-refractivity contribution >= 4 is 45.2 Å². The zero-order valence-electron chi connectivity index (χ0n) is 11.2. The van der Waals surface area contributed by atoms with Crippen molar-refractivity contribution in [2.75, 3.05) is 11.1 Å². The highest BCUT2D eigenvalue weighted by atomic mass is 32.2. The highest BCUT2D eigenvalue weighted by molar-refractivity contribution is 8.01. The van der Waals surface area contributed by atoms with Crippen LogP contribution in [0.5, 0.6) is 0 Å². The van der Waals surface area contributed by atoms with Crippen LogP contribution < -0.4 is 15.8 Å². The topological polar surface area (TPSA) is 135 Å². The molecule has 2 rings (SSSR count). The van der Waals surface area contributed by atoms with Crippen molar-refractivity contribution in [2.45, 2.75) is 16.6 Å². The molecular formula is C12H13N3O5S2. The second-order valence-corrected chi connectivity index (χ2v) is 7.29. The smallest absolute Gasteiger partial charge is 0.240 e. The summed E-state index contributed by atoms with van der Waals surface area (Å²) in [6.45, 7) is 0. The van der Waals surface area contributed by atoms with E-state index in [1.54, 1.807) is 0 Å². The van der Waals surface area contributed by atoms with Crippen LogP contribution in [0.2, 0.25) is 0 Å². The number of carbonyl (C=O) groups is 3. The van der Waals surface area contributed by atoms with E-state index in [-0.39, 0.29) is 34.8 Å². The van der Waals surface area contributed by atoms with Crippen LogP contribution in [0.3, 0.4) is 0 Å². The lowest BCUT2D eigenvalue weighted by Crippen LogP contribution is -2.24. The highest BCUT2D eigenvalue weighted by Crippen LogP contribution is 2.20. The summed E-state index contributed by atoms with van der Waals surface area (Å²) in [4.78, 5) is 34.0. The summed E-state index contributed by atoms with van der Waals surface area (Å²) in [5, 5.41) is 9.13. The van der Waals surface area contributed by atoms with E-state index in [0.29, 0.717) is 5.69 Å². The zero-order valence-corrected chi connectivity index (χ0v) is 12.9. The van der Waals surface area contributed by atoms with Crippen molar-refractivity contribution in [1.82, 2.24) is 5.32 Å². The van der Waals surface area contributed by atoms with Crippen molar-refractivity contribution in [3.05, 3.63) is 24.3 Å². The predicted octanol–water partition coefficient (Wildman–Crippen LogP) is -0.579. The second kappa shape index (κ2) is 6.46. The SMILES string of the molecule is NS(=O)(=O)c1ccc(NC(=O)CSC2CC(=O)NC2=O)cc1. The van der Waals surface area contributed by atoms with Gasteiger partial charge in [0, 0.05) is 12.1 Å². The molecule has 8 nitrogen and oxygen atoms in total. The van der Waals surface area contributed by atoms with Crippen LogP contribution >= 0.6 is 11.8 Å². The first-order valence-electron chi connectivity index (χ1n) is 6.14. The first-order chi connectivity index (χ1) is 10.3. The third-order valence-electron chi connectivity index (χ3n) is 2.81. The molecular weight excluding hydrogens is 330 g/mol. The number of nitrogens with two attached hydrogens (primary N) is 1. The Morgan fingerprint density at radius 1 is 1.32 bits per heavy atom. The Hall–Kier alpha value is -1.91. The number of benzene rings is 1. The number of rotatable bonds is 5. The first-order valence-corrected chi connectivity index (χ1v) is 8.73. The summed E-state index contributed by atoms with van der Waals surface area (Å²) in [6.07, 6.45) is 0.0693. The van der Waals surface area contributed by atoms with Crippen molar-refractivity contribution in [3.8, 4) is 0 Å². The van der Waals surface area contributed by atoms with Gasteiger partial charge in [0.1, 0.15) is 0 Å². The maximum atomic E-state index is 11.7. The molecule has 1 atom stereocenters. The van der Waals surface area contributed by atoms with Crippen LogP contribution in [0.25, 0.3) is 0 Å². The number of anilines is 1. The molecule has 10 heteroatoms.